The Kier molecular flexibility index (Phi) is 6.03. The van der Waals surface area contributed by atoms with Crippen LogP contribution in [0.25, 0.3) is 22.6 Å². The molecule has 2 aliphatic rings. The molecule has 7 nitrogen and oxygen atoms in total. The Morgan fingerprint density at radius 2 is 1.91 bits per heavy atom. The third-order valence-electron chi connectivity index (χ3n) is 6.34. The smallest absolute Gasteiger partial charge is 0.339 e. The minimum atomic E-state index is -1.12. The van der Waals surface area contributed by atoms with E-state index in [-0.39, 0.29) is 12.4 Å². The van der Waals surface area contributed by atoms with Gasteiger partial charge in [-0.1, -0.05) is 30.3 Å². The number of aromatic nitrogens is 1. The first-order valence-corrected chi connectivity index (χ1v) is 11.6. The number of amides is 3. The van der Waals surface area contributed by atoms with E-state index in [2.05, 4.69) is 5.32 Å². The summed E-state index contributed by atoms with van der Waals surface area (Å²) in [6.45, 7) is 2.09. The van der Waals surface area contributed by atoms with Gasteiger partial charge in [0.2, 0.25) is 0 Å². The van der Waals surface area contributed by atoms with Crippen LogP contribution in [0, 0.1) is 5.82 Å². The predicted octanol–water partition coefficient (Wildman–Crippen LogP) is 4.35. The number of fused-ring (bicyclic) bond motifs is 2. The van der Waals surface area contributed by atoms with E-state index in [1.807, 2.05) is 30.3 Å². The maximum Gasteiger partial charge on any atom is 0.339 e. The number of urea groups is 1. The van der Waals surface area contributed by atoms with Crippen LogP contribution in [0.3, 0.4) is 0 Å². The lowest BCUT2D eigenvalue weighted by Crippen LogP contribution is -2.42. The van der Waals surface area contributed by atoms with Crippen molar-refractivity contribution < 1.29 is 23.5 Å². The minimum Gasteiger partial charge on any atom is -0.449 e. The van der Waals surface area contributed by atoms with Gasteiger partial charge in [0, 0.05) is 18.5 Å². The number of pyridine rings is 1. The summed E-state index contributed by atoms with van der Waals surface area (Å²) in [4.78, 5) is 43.9. The summed E-state index contributed by atoms with van der Waals surface area (Å²) >= 11 is 0. The van der Waals surface area contributed by atoms with Crippen molar-refractivity contribution in [1.82, 2.24) is 15.2 Å². The highest BCUT2D eigenvalue weighted by molar-refractivity contribution is 6.08. The molecule has 1 fully saturated rings. The fraction of sp³-hybridized carbons (Fsp3) is 0.259. The molecule has 8 heteroatoms. The van der Waals surface area contributed by atoms with E-state index in [0.717, 1.165) is 34.4 Å². The molecule has 1 aromatic heterocycles. The van der Waals surface area contributed by atoms with Crippen LogP contribution in [0.4, 0.5) is 9.18 Å². The first-order chi connectivity index (χ1) is 16.9. The van der Waals surface area contributed by atoms with Crippen LogP contribution >= 0.6 is 0 Å². The number of benzene rings is 2. The Labute approximate surface area is 201 Å². The first kappa shape index (κ1) is 22.7. The Morgan fingerprint density at radius 1 is 1.14 bits per heavy atom. The van der Waals surface area contributed by atoms with Crippen molar-refractivity contribution >= 4 is 40.5 Å². The summed E-state index contributed by atoms with van der Waals surface area (Å²) in [6.07, 6.45) is 3.06. The van der Waals surface area contributed by atoms with Gasteiger partial charge < -0.3 is 10.1 Å². The minimum absolute atomic E-state index is 0.241. The Morgan fingerprint density at radius 3 is 2.66 bits per heavy atom. The largest absolute Gasteiger partial charge is 0.449 e. The molecular weight excluding hydrogens is 449 g/mol. The van der Waals surface area contributed by atoms with E-state index in [0.29, 0.717) is 35.1 Å². The molecule has 2 heterocycles. The van der Waals surface area contributed by atoms with Gasteiger partial charge in [0.15, 0.2) is 6.10 Å². The topological polar surface area (TPSA) is 88.6 Å². The molecule has 1 saturated heterocycles. The van der Waals surface area contributed by atoms with Crippen LogP contribution in [-0.2, 0) is 16.0 Å². The summed E-state index contributed by atoms with van der Waals surface area (Å²) in [7, 11) is 0. The third kappa shape index (κ3) is 4.39. The number of para-hydroxylation sites is 1. The van der Waals surface area contributed by atoms with Crippen LogP contribution in [0.15, 0.2) is 48.5 Å². The number of nitrogens with one attached hydrogen (secondary N) is 1. The fourth-order valence-corrected chi connectivity index (χ4v) is 4.64. The molecule has 1 aliphatic carbocycles. The van der Waals surface area contributed by atoms with E-state index in [1.54, 1.807) is 12.1 Å². The van der Waals surface area contributed by atoms with Crippen LogP contribution in [0.2, 0.25) is 0 Å². The van der Waals surface area contributed by atoms with Crippen LogP contribution < -0.4 is 5.32 Å². The van der Waals surface area contributed by atoms with Gasteiger partial charge in [-0.2, -0.15) is 0 Å². The SMILES string of the molecule is CC(OC(=O)c1c2c(nc3ccccc13)/C(=C/c1ccc(F)cc1)CCC2)C(=O)N1CCNC1=O. The summed E-state index contributed by atoms with van der Waals surface area (Å²) < 4.78 is 19.0. The van der Waals surface area contributed by atoms with Gasteiger partial charge in [-0.25, -0.2) is 19.0 Å². The normalized spacial score (nSPS) is 17.3. The van der Waals surface area contributed by atoms with Crippen LogP contribution in [0.1, 0.15) is 46.9 Å². The monoisotopic (exact) mass is 473 g/mol. The van der Waals surface area contributed by atoms with Crippen molar-refractivity contribution in [3.8, 4) is 0 Å². The predicted molar refractivity (Wildman–Crippen MR) is 129 cm³/mol. The number of nitrogens with zero attached hydrogens (tertiary/aromatic N) is 2. The van der Waals surface area contributed by atoms with Crippen molar-refractivity contribution in [2.24, 2.45) is 0 Å². The third-order valence-corrected chi connectivity index (χ3v) is 6.34. The maximum absolute atomic E-state index is 13.5. The van der Waals surface area contributed by atoms with E-state index < -0.39 is 24.0 Å². The number of hydrogen-bond donors (Lipinski definition) is 1. The second-order valence-electron chi connectivity index (χ2n) is 8.68. The molecule has 0 bridgehead atoms. The van der Waals surface area contributed by atoms with Gasteiger partial charge >= 0.3 is 12.0 Å². The molecule has 3 amide bonds. The van der Waals surface area contributed by atoms with Crippen molar-refractivity contribution in [3.05, 3.63) is 76.7 Å². The molecule has 1 aliphatic heterocycles. The van der Waals surface area contributed by atoms with Crippen molar-refractivity contribution in [3.63, 3.8) is 0 Å². The highest BCUT2D eigenvalue weighted by Crippen LogP contribution is 2.36. The summed E-state index contributed by atoms with van der Waals surface area (Å²) in [5, 5.41) is 3.22. The summed E-state index contributed by atoms with van der Waals surface area (Å²) in [5.41, 5.74) is 4.31. The summed E-state index contributed by atoms with van der Waals surface area (Å²) in [6, 6.07) is 13.1. The number of imide groups is 1. The number of esters is 1. The quantitative estimate of drug-likeness (QED) is 0.570. The van der Waals surface area contributed by atoms with E-state index in [4.69, 9.17) is 9.72 Å². The molecular formula is C27H24FN3O4. The molecule has 0 spiro atoms. The van der Waals surface area contributed by atoms with E-state index >= 15 is 0 Å². The average molecular weight is 474 g/mol. The van der Waals surface area contributed by atoms with Gasteiger partial charge in [-0.3, -0.25) is 9.69 Å². The van der Waals surface area contributed by atoms with Crippen molar-refractivity contribution in [2.45, 2.75) is 32.3 Å². The lowest BCUT2D eigenvalue weighted by atomic mass is 9.86. The molecule has 5 rings (SSSR count). The Balaban J connectivity index is 1.54. The number of carbonyl (C=O) groups excluding carboxylic acids is 3. The van der Waals surface area contributed by atoms with Gasteiger partial charge in [0.05, 0.1) is 16.8 Å². The zero-order valence-corrected chi connectivity index (χ0v) is 19.2. The second kappa shape index (κ2) is 9.29. The number of rotatable bonds is 4. The standard InChI is InChI=1S/C27H24FN3O4/c1-16(25(32)31-14-13-29-27(31)34)35-26(33)23-20-6-2-3-8-22(20)30-24-18(5-4-7-21(23)24)15-17-9-11-19(28)12-10-17/h2-3,6,8-12,15-16H,4-5,7,13-14H2,1H3,(H,29,34)/b18-15+. The lowest BCUT2D eigenvalue weighted by Gasteiger charge is -2.24. The number of ether oxygens (including phenoxy) is 1. The maximum atomic E-state index is 13.5. The fourth-order valence-electron chi connectivity index (χ4n) is 4.64. The van der Waals surface area contributed by atoms with Gasteiger partial charge in [-0.05, 0) is 67.2 Å². The van der Waals surface area contributed by atoms with Gasteiger partial charge in [-0.15, -0.1) is 0 Å². The number of allylic oxidation sites excluding steroid dienone is 1. The Bertz CT molecular complexity index is 1370. The lowest BCUT2D eigenvalue weighted by molar-refractivity contribution is -0.136. The molecule has 178 valence electrons. The van der Waals surface area contributed by atoms with E-state index in [1.165, 1.54) is 19.1 Å². The van der Waals surface area contributed by atoms with E-state index in [9.17, 15) is 18.8 Å². The molecule has 0 radical (unpaired) electrons. The zero-order chi connectivity index (χ0) is 24.5. The zero-order valence-electron chi connectivity index (χ0n) is 19.2. The first-order valence-electron chi connectivity index (χ1n) is 11.6. The molecule has 35 heavy (non-hydrogen) atoms. The van der Waals surface area contributed by atoms with Gasteiger partial charge in [0.1, 0.15) is 5.82 Å². The number of carbonyl (C=O) groups is 3. The molecule has 0 saturated carbocycles. The highest BCUT2D eigenvalue weighted by atomic mass is 19.1. The molecule has 3 aromatic rings. The highest BCUT2D eigenvalue weighted by Gasteiger charge is 2.33. The van der Waals surface area contributed by atoms with Crippen molar-refractivity contribution in [1.29, 1.82) is 0 Å². The van der Waals surface area contributed by atoms with Crippen LogP contribution in [0.5, 0.6) is 0 Å². The number of halogens is 1. The Hall–Kier alpha value is -4.07. The molecule has 1 N–H and O–H groups in total. The van der Waals surface area contributed by atoms with Gasteiger partial charge in [0.25, 0.3) is 5.91 Å². The van der Waals surface area contributed by atoms with Crippen molar-refractivity contribution in [2.75, 3.05) is 13.1 Å². The second-order valence-corrected chi connectivity index (χ2v) is 8.68. The molecule has 2 aromatic carbocycles. The molecule has 1 unspecified atom stereocenters. The molecule has 1 atom stereocenters. The van der Waals surface area contributed by atoms with Crippen LogP contribution in [-0.4, -0.2) is 47.0 Å². The summed E-state index contributed by atoms with van der Waals surface area (Å²) in [5.74, 6) is -1.48. The number of hydrogen-bond acceptors (Lipinski definition) is 5. The average Bonchev–Trinajstić information content (AvgIpc) is 3.29.